The lowest BCUT2D eigenvalue weighted by atomic mass is 9.81. The van der Waals surface area contributed by atoms with Crippen molar-refractivity contribution < 1.29 is 0 Å². The summed E-state index contributed by atoms with van der Waals surface area (Å²) in [5.41, 5.74) is 12.0. The molecule has 0 aliphatic heterocycles. The molecule has 0 saturated heterocycles. The summed E-state index contributed by atoms with van der Waals surface area (Å²) in [6, 6.07) is 65.6. The molecule has 12 rings (SSSR count). The van der Waals surface area contributed by atoms with Gasteiger partial charge in [0.05, 0.1) is 22.1 Å². The van der Waals surface area contributed by atoms with Crippen LogP contribution in [0.15, 0.2) is 164 Å². The number of benzene rings is 8. The van der Waals surface area contributed by atoms with Gasteiger partial charge < -0.3 is 0 Å². The minimum Gasteiger partial charge on any atom is -0.296 e. The Morgan fingerprint density at radius 1 is 0.455 bits per heavy atom. The van der Waals surface area contributed by atoms with Gasteiger partial charge in [0.15, 0.2) is 5.82 Å². The Labute approximate surface area is 317 Å². The first-order valence-electron chi connectivity index (χ1n) is 19.0. The highest BCUT2D eigenvalue weighted by Gasteiger charge is 2.31. The number of hydrogen-bond donors (Lipinski definition) is 0. The van der Waals surface area contributed by atoms with E-state index >= 15 is 0 Å². The van der Waals surface area contributed by atoms with Gasteiger partial charge >= 0.3 is 0 Å². The first-order valence-corrected chi connectivity index (χ1v) is 19.0. The number of rotatable bonds is 3. The topological polar surface area (TPSA) is 30.7 Å². The summed E-state index contributed by atoms with van der Waals surface area (Å²) in [5.74, 6) is 0.816. The Balaban J connectivity index is 1.23. The number of nitrogens with zero attached hydrogens (tertiary/aromatic N) is 3. The van der Waals surface area contributed by atoms with E-state index < -0.39 is 0 Å². The standard InChI is InChI=1S/C52H31N3/c1-2-12-32(13-3-1)33-22-24-36(25-23-33)50-52(54-51-38-17-7-5-15-35(38)26-29-44(51)53-50)55-45-30-27-34-14-4-6-16-37(34)48(45)49-46(55)31-28-43-41-20-9-8-18-39(41)40-19-10-11-21-42(40)47(43)49/h1-22,24,26-27,29-30H,28,31H2. The van der Waals surface area contributed by atoms with Crippen LogP contribution in [0.25, 0.3) is 104 Å². The molecule has 9 aromatic carbocycles. The SMILES string of the molecule is c1c(-c2ccccc2)ccc(-c2nc3ccc4ccccc4c3nc2-n2c3c(c4c5ccccc5ccc42)-c2c(c4ccccc4c4ccccc24)CC3)c#1. The lowest BCUT2D eigenvalue weighted by Gasteiger charge is -2.24. The molecule has 0 atom stereocenters. The maximum Gasteiger partial charge on any atom is 0.165 e. The van der Waals surface area contributed by atoms with Crippen LogP contribution in [0.3, 0.4) is 0 Å². The van der Waals surface area contributed by atoms with Crippen LogP contribution < -0.4 is 0 Å². The third kappa shape index (κ3) is 4.40. The van der Waals surface area contributed by atoms with Crippen LogP contribution in [0.4, 0.5) is 0 Å². The molecule has 55 heavy (non-hydrogen) atoms. The second-order valence-electron chi connectivity index (χ2n) is 14.6. The molecule has 2 heterocycles. The van der Waals surface area contributed by atoms with Crippen LogP contribution in [0.5, 0.6) is 0 Å². The monoisotopic (exact) mass is 697 g/mol. The van der Waals surface area contributed by atoms with Crippen molar-refractivity contribution in [1.82, 2.24) is 14.5 Å². The minimum atomic E-state index is 0.792. The summed E-state index contributed by atoms with van der Waals surface area (Å²) in [7, 11) is 0. The van der Waals surface area contributed by atoms with Crippen molar-refractivity contribution in [2.75, 3.05) is 0 Å². The average Bonchev–Trinajstić information content (AvgIpc) is 3.61. The molecule has 3 heteroatoms. The Kier molecular flexibility index (Phi) is 6.38. The van der Waals surface area contributed by atoms with E-state index in [0.717, 1.165) is 68.4 Å². The van der Waals surface area contributed by atoms with Crippen LogP contribution in [0.1, 0.15) is 11.3 Å². The van der Waals surface area contributed by atoms with Crippen molar-refractivity contribution in [3.8, 4) is 39.3 Å². The number of fused-ring (bicyclic) bond motifs is 15. The van der Waals surface area contributed by atoms with Crippen molar-refractivity contribution in [2.45, 2.75) is 12.8 Å². The fraction of sp³-hybridized carbons (Fsp3) is 0.0385. The van der Waals surface area contributed by atoms with Gasteiger partial charge in [-0.05, 0) is 91.5 Å². The third-order valence-electron chi connectivity index (χ3n) is 11.7. The number of aryl methyl sites for hydroxylation is 1. The fourth-order valence-corrected chi connectivity index (χ4v) is 9.29. The highest BCUT2D eigenvalue weighted by molar-refractivity contribution is 6.23. The Morgan fingerprint density at radius 2 is 1.07 bits per heavy atom. The molecule has 11 aromatic rings. The number of hydrogen-bond acceptors (Lipinski definition) is 2. The largest absolute Gasteiger partial charge is 0.296 e. The van der Waals surface area contributed by atoms with Gasteiger partial charge in [0.25, 0.3) is 0 Å². The zero-order chi connectivity index (χ0) is 36.0. The lowest BCUT2D eigenvalue weighted by Crippen LogP contribution is -2.12. The highest BCUT2D eigenvalue weighted by atomic mass is 15.1. The Morgan fingerprint density at radius 3 is 1.85 bits per heavy atom. The molecular formula is C52H31N3. The third-order valence-corrected chi connectivity index (χ3v) is 11.7. The van der Waals surface area contributed by atoms with E-state index in [4.69, 9.17) is 9.97 Å². The van der Waals surface area contributed by atoms with Crippen LogP contribution in [0, 0.1) is 12.1 Å². The van der Waals surface area contributed by atoms with E-state index in [1.165, 1.54) is 60.1 Å². The maximum atomic E-state index is 5.68. The fourth-order valence-electron chi connectivity index (χ4n) is 9.29. The first kappa shape index (κ1) is 30.2. The zero-order valence-corrected chi connectivity index (χ0v) is 29.8. The summed E-state index contributed by atoms with van der Waals surface area (Å²) >= 11 is 0. The summed E-state index contributed by atoms with van der Waals surface area (Å²) in [6.45, 7) is 0. The van der Waals surface area contributed by atoms with Crippen molar-refractivity contribution in [1.29, 1.82) is 0 Å². The lowest BCUT2D eigenvalue weighted by molar-refractivity contribution is 0.859. The molecule has 0 radical (unpaired) electrons. The van der Waals surface area contributed by atoms with E-state index in [-0.39, 0.29) is 0 Å². The van der Waals surface area contributed by atoms with Crippen LogP contribution in [-0.2, 0) is 12.8 Å². The van der Waals surface area contributed by atoms with Crippen molar-refractivity contribution in [3.63, 3.8) is 0 Å². The van der Waals surface area contributed by atoms with Crippen LogP contribution in [0.2, 0.25) is 0 Å². The van der Waals surface area contributed by atoms with Gasteiger partial charge in [0.1, 0.15) is 5.69 Å². The molecule has 0 bridgehead atoms. The summed E-state index contributed by atoms with van der Waals surface area (Å²) < 4.78 is 2.44. The van der Waals surface area contributed by atoms with Gasteiger partial charge in [-0.2, -0.15) is 0 Å². The van der Waals surface area contributed by atoms with E-state index in [1.54, 1.807) is 0 Å². The normalized spacial score (nSPS) is 12.4. The molecule has 0 spiro atoms. The molecule has 0 N–H and O–H groups in total. The smallest absolute Gasteiger partial charge is 0.165 e. The van der Waals surface area contributed by atoms with Crippen molar-refractivity contribution in [2.24, 2.45) is 0 Å². The molecule has 3 nitrogen and oxygen atoms in total. The summed E-state index contributed by atoms with van der Waals surface area (Å²) in [5, 5.41) is 11.2. The molecule has 1 aliphatic carbocycles. The second kappa shape index (κ2) is 11.6. The van der Waals surface area contributed by atoms with Crippen molar-refractivity contribution in [3.05, 3.63) is 187 Å². The van der Waals surface area contributed by atoms with E-state index in [2.05, 4.69) is 174 Å². The molecule has 0 saturated carbocycles. The minimum absolute atomic E-state index is 0.792. The van der Waals surface area contributed by atoms with E-state index in [1.807, 2.05) is 6.07 Å². The van der Waals surface area contributed by atoms with Gasteiger partial charge in [-0.25, -0.2) is 9.97 Å². The molecular weight excluding hydrogens is 667 g/mol. The molecule has 0 fully saturated rings. The Bertz CT molecular complexity index is 3360. The zero-order valence-electron chi connectivity index (χ0n) is 29.8. The van der Waals surface area contributed by atoms with E-state index in [9.17, 15) is 0 Å². The number of aromatic nitrogens is 3. The first-order chi connectivity index (χ1) is 27.3. The van der Waals surface area contributed by atoms with Crippen LogP contribution in [-0.4, -0.2) is 14.5 Å². The predicted octanol–water partition coefficient (Wildman–Crippen LogP) is 12.9. The van der Waals surface area contributed by atoms with E-state index in [0.29, 0.717) is 0 Å². The van der Waals surface area contributed by atoms with Gasteiger partial charge in [-0.1, -0.05) is 152 Å². The average molecular weight is 698 g/mol. The second-order valence-corrected chi connectivity index (χ2v) is 14.6. The molecule has 0 unspecified atom stereocenters. The highest BCUT2D eigenvalue weighted by Crippen LogP contribution is 2.50. The molecule has 1 aliphatic rings. The molecule has 0 amide bonds. The quantitative estimate of drug-likeness (QED) is 0.172. The van der Waals surface area contributed by atoms with Gasteiger partial charge in [0.2, 0.25) is 0 Å². The van der Waals surface area contributed by atoms with Crippen molar-refractivity contribution >= 4 is 65.0 Å². The van der Waals surface area contributed by atoms with Gasteiger partial charge in [0, 0.05) is 27.6 Å². The van der Waals surface area contributed by atoms with Gasteiger partial charge in [-0.15, -0.1) is 0 Å². The van der Waals surface area contributed by atoms with Crippen LogP contribution >= 0.6 is 0 Å². The maximum absolute atomic E-state index is 5.68. The molecule has 254 valence electrons. The summed E-state index contributed by atoms with van der Waals surface area (Å²) in [6.07, 6.45) is 1.79. The van der Waals surface area contributed by atoms with Gasteiger partial charge in [-0.3, -0.25) is 4.57 Å². The predicted molar refractivity (Wildman–Crippen MR) is 228 cm³/mol. The molecule has 2 aromatic heterocycles. The summed E-state index contributed by atoms with van der Waals surface area (Å²) in [4.78, 5) is 11.1. The Hall–Kier alpha value is -7.28.